The van der Waals surface area contributed by atoms with Crippen molar-refractivity contribution >= 4 is 11.1 Å². The number of allylic oxidation sites excluding steroid dienone is 8. The van der Waals surface area contributed by atoms with E-state index in [2.05, 4.69) is 49.4 Å². The van der Waals surface area contributed by atoms with E-state index in [0.717, 1.165) is 57.3 Å². The fraction of sp³-hybridized carbons (Fsp3) is 0.102. The summed E-state index contributed by atoms with van der Waals surface area (Å²) in [6.07, 6.45) is 12.5. The topological polar surface area (TPSA) is 40.5 Å². The Bertz CT molecular complexity index is 2130. The monoisotopic (exact) mass is 662 g/mol. The minimum atomic E-state index is -1.20. The molecule has 0 spiro atoms. The van der Waals surface area contributed by atoms with Crippen molar-refractivity contribution in [2.45, 2.75) is 31.0 Å². The number of hydrogen-bond acceptors (Lipinski definition) is 2. The smallest absolute Gasteiger partial charge is 0.141 e. The molecule has 0 saturated carbocycles. The van der Waals surface area contributed by atoms with E-state index in [9.17, 15) is 10.2 Å². The molecule has 2 nitrogen and oxygen atoms in total. The van der Waals surface area contributed by atoms with Gasteiger partial charge in [0.1, 0.15) is 11.2 Å². The molecule has 0 aromatic heterocycles. The van der Waals surface area contributed by atoms with Crippen LogP contribution in [0.4, 0.5) is 0 Å². The third-order valence-corrected chi connectivity index (χ3v) is 10.0. The summed E-state index contributed by atoms with van der Waals surface area (Å²) in [5, 5.41) is 24.1. The second kappa shape index (κ2) is 15.0. The zero-order valence-corrected chi connectivity index (χ0v) is 28.9. The Hall–Kier alpha value is -5.80. The molecule has 2 N–H and O–H groups in total. The number of hydrogen-bond donors (Lipinski definition) is 2. The molecule has 0 amide bonds. The summed E-state index contributed by atoms with van der Waals surface area (Å²) in [7, 11) is 0. The van der Waals surface area contributed by atoms with E-state index < -0.39 is 11.2 Å². The van der Waals surface area contributed by atoms with Gasteiger partial charge in [-0.15, -0.1) is 0 Å². The molecule has 0 radical (unpaired) electrons. The molecule has 2 aliphatic carbocycles. The molecular formula is C49H42O2. The molecule has 0 saturated heterocycles. The van der Waals surface area contributed by atoms with E-state index in [-0.39, 0.29) is 0 Å². The van der Waals surface area contributed by atoms with Gasteiger partial charge in [0.25, 0.3) is 0 Å². The zero-order chi connectivity index (χ0) is 35.1. The Balaban J connectivity index is 0.000000159. The van der Waals surface area contributed by atoms with Crippen LogP contribution in [0.1, 0.15) is 64.3 Å². The van der Waals surface area contributed by atoms with Crippen LogP contribution in [-0.4, -0.2) is 10.2 Å². The lowest BCUT2D eigenvalue weighted by molar-refractivity contribution is 0.125. The van der Waals surface area contributed by atoms with Crippen molar-refractivity contribution in [3.05, 3.63) is 250 Å². The lowest BCUT2D eigenvalue weighted by Crippen LogP contribution is -2.30. The van der Waals surface area contributed by atoms with Crippen LogP contribution in [0.25, 0.3) is 11.1 Å². The first-order valence-corrected chi connectivity index (χ1v) is 17.6. The lowest BCUT2D eigenvalue weighted by Gasteiger charge is -2.32. The molecule has 6 aromatic carbocycles. The Morgan fingerprint density at radius 2 is 0.824 bits per heavy atom. The van der Waals surface area contributed by atoms with E-state index in [4.69, 9.17) is 0 Å². The average Bonchev–Trinajstić information content (AvgIpc) is 3.91. The summed E-state index contributed by atoms with van der Waals surface area (Å²) in [5.41, 5.74) is 8.96. The van der Waals surface area contributed by atoms with Gasteiger partial charge >= 0.3 is 0 Å². The number of aliphatic hydroxyl groups is 2. The highest BCUT2D eigenvalue weighted by atomic mass is 16.3. The van der Waals surface area contributed by atoms with Crippen LogP contribution in [-0.2, 0) is 11.2 Å². The predicted octanol–water partition coefficient (Wildman–Crippen LogP) is 11.0. The molecule has 0 bridgehead atoms. The first-order valence-electron chi connectivity index (χ1n) is 17.6. The molecule has 0 atom stereocenters. The van der Waals surface area contributed by atoms with E-state index in [1.807, 2.05) is 158 Å². The maximum absolute atomic E-state index is 12.1. The van der Waals surface area contributed by atoms with Gasteiger partial charge in [-0.2, -0.15) is 0 Å². The largest absolute Gasteiger partial charge is 0.376 e. The lowest BCUT2D eigenvalue weighted by atomic mass is 9.77. The van der Waals surface area contributed by atoms with E-state index in [0.29, 0.717) is 0 Å². The van der Waals surface area contributed by atoms with Crippen molar-refractivity contribution in [3.8, 4) is 0 Å². The molecular weight excluding hydrogens is 621 g/mol. The van der Waals surface area contributed by atoms with Crippen molar-refractivity contribution < 1.29 is 10.2 Å². The maximum atomic E-state index is 12.1. The van der Waals surface area contributed by atoms with E-state index in [1.165, 1.54) is 16.7 Å². The minimum Gasteiger partial charge on any atom is -0.376 e. The minimum absolute atomic E-state index is 0.875. The third kappa shape index (κ3) is 6.60. The molecule has 0 aliphatic heterocycles. The molecule has 6 aromatic rings. The van der Waals surface area contributed by atoms with Gasteiger partial charge in [0.15, 0.2) is 0 Å². The summed E-state index contributed by atoms with van der Waals surface area (Å²) in [6.45, 7) is 2.14. The summed E-state index contributed by atoms with van der Waals surface area (Å²) < 4.78 is 0. The summed E-state index contributed by atoms with van der Waals surface area (Å²) in [6, 6.07) is 56.1. The van der Waals surface area contributed by atoms with Crippen LogP contribution in [0.3, 0.4) is 0 Å². The first-order chi connectivity index (χ1) is 25.0. The van der Waals surface area contributed by atoms with E-state index >= 15 is 0 Å². The van der Waals surface area contributed by atoms with Crippen LogP contribution in [0.5, 0.6) is 0 Å². The molecule has 250 valence electrons. The van der Waals surface area contributed by atoms with Gasteiger partial charge in [0.2, 0.25) is 0 Å². The van der Waals surface area contributed by atoms with Crippen molar-refractivity contribution in [2.75, 3.05) is 0 Å². The second-order valence-corrected chi connectivity index (χ2v) is 13.1. The molecule has 0 fully saturated rings. The van der Waals surface area contributed by atoms with Crippen molar-refractivity contribution in [1.29, 1.82) is 0 Å². The third-order valence-electron chi connectivity index (χ3n) is 10.0. The van der Waals surface area contributed by atoms with Crippen LogP contribution in [0.15, 0.2) is 206 Å². The maximum Gasteiger partial charge on any atom is 0.141 e. The predicted molar refractivity (Wildman–Crippen MR) is 211 cm³/mol. The fourth-order valence-corrected chi connectivity index (χ4v) is 7.40. The van der Waals surface area contributed by atoms with Crippen molar-refractivity contribution in [3.63, 3.8) is 0 Å². The zero-order valence-electron chi connectivity index (χ0n) is 28.9. The number of benzene rings is 6. The first kappa shape index (κ1) is 33.7. The van der Waals surface area contributed by atoms with Gasteiger partial charge in [0, 0.05) is 11.1 Å². The molecule has 2 aliphatic rings. The molecule has 8 rings (SSSR count). The Labute approximate surface area is 301 Å². The summed E-state index contributed by atoms with van der Waals surface area (Å²) >= 11 is 0. The SMILES string of the molecule is CC1=C(c2ccccc2C(O)(c2ccccc2)c2ccccc2)CC=C1.OC(c1ccccc1)(c1ccccc1)c1ccccc1C1=CC=CC1. The highest BCUT2D eigenvalue weighted by molar-refractivity contribution is 5.78. The highest BCUT2D eigenvalue weighted by Crippen LogP contribution is 2.43. The second-order valence-electron chi connectivity index (χ2n) is 13.1. The highest BCUT2D eigenvalue weighted by Gasteiger charge is 2.37. The van der Waals surface area contributed by atoms with Crippen LogP contribution in [0.2, 0.25) is 0 Å². The Morgan fingerprint density at radius 1 is 0.431 bits per heavy atom. The Kier molecular flexibility index (Phi) is 9.90. The summed E-state index contributed by atoms with van der Waals surface area (Å²) in [4.78, 5) is 0. The van der Waals surface area contributed by atoms with Crippen molar-refractivity contribution in [2.24, 2.45) is 0 Å². The molecule has 0 heterocycles. The number of rotatable bonds is 8. The average molecular weight is 663 g/mol. The van der Waals surface area contributed by atoms with E-state index in [1.54, 1.807) is 0 Å². The van der Waals surface area contributed by atoms with Gasteiger partial charge in [-0.1, -0.05) is 200 Å². The normalized spacial score (nSPS) is 13.9. The van der Waals surface area contributed by atoms with Crippen LogP contribution in [0, 0.1) is 0 Å². The van der Waals surface area contributed by atoms with Gasteiger partial charge in [0.05, 0.1) is 0 Å². The molecule has 51 heavy (non-hydrogen) atoms. The van der Waals surface area contributed by atoms with Crippen LogP contribution >= 0.6 is 0 Å². The van der Waals surface area contributed by atoms with Gasteiger partial charge in [-0.05, 0) is 69.9 Å². The molecule has 2 heteroatoms. The Morgan fingerprint density at radius 3 is 1.22 bits per heavy atom. The van der Waals surface area contributed by atoms with Crippen molar-refractivity contribution in [1.82, 2.24) is 0 Å². The molecule has 0 unspecified atom stereocenters. The van der Waals surface area contributed by atoms with Gasteiger partial charge < -0.3 is 10.2 Å². The quantitative estimate of drug-likeness (QED) is 0.159. The fourth-order valence-electron chi connectivity index (χ4n) is 7.40. The van der Waals surface area contributed by atoms with Gasteiger partial charge in [-0.3, -0.25) is 0 Å². The van der Waals surface area contributed by atoms with Crippen LogP contribution < -0.4 is 0 Å². The van der Waals surface area contributed by atoms with Gasteiger partial charge in [-0.25, -0.2) is 0 Å². The summed E-state index contributed by atoms with van der Waals surface area (Å²) in [5.74, 6) is 0. The standard InChI is InChI=1S/C25H22O.C24H20O/c1-19-11-10-17-22(19)23-16-8-9-18-24(23)25(26,20-12-4-2-5-13-20)21-14-6-3-7-15-21;25-24(20-13-3-1-4-14-20,21-15-5-2-6-16-21)23-18-10-9-17-22(23)19-11-7-8-12-19/h2-16,18,26H,17H2,1H3;1-11,13-18,25H,12H2.